The molecule has 3 aromatic rings. The van der Waals surface area contributed by atoms with Gasteiger partial charge in [-0.05, 0) is 58.5 Å². The van der Waals surface area contributed by atoms with Crippen LogP contribution in [0.2, 0.25) is 0 Å². The van der Waals surface area contributed by atoms with Crippen molar-refractivity contribution in [2.75, 3.05) is 11.9 Å². The summed E-state index contributed by atoms with van der Waals surface area (Å²) in [6.45, 7) is 0.406. The van der Waals surface area contributed by atoms with Gasteiger partial charge < -0.3 is 19.6 Å². The molecule has 0 saturated carbocycles. The second kappa shape index (κ2) is 8.31. The first-order valence-corrected chi connectivity index (χ1v) is 9.19. The summed E-state index contributed by atoms with van der Waals surface area (Å²) in [4.78, 5) is 24.5. The Kier molecular flexibility index (Phi) is 5.87. The first-order valence-electron chi connectivity index (χ1n) is 7.99. The predicted molar refractivity (Wildman–Crippen MR) is 105 cm³/mol. The lowest BCUT2D eigenvalue weighted by molar-refractivity contribution is 0.0951. The third kappa shape index (κ3) is 4.72. The minimum absolute atomic E-state index is 0.171. The van der Waals surface area contributed by atoms with Crippen LogP contribution in [0.3, 0.4) is 0 Å². The number of carbonyl (C=O) groups excluding carboxylic acids is 2. The van der Waals surface area contributed by atoms with Gasteiger partial charge in [0.05, 0.1) is 0 Å². The Balaban J connectivity index is 1.59. The molecule has 140 valence electrons. The second-order valence-electron chi connectivity index (χ2n) is 5.65. The molecule has 3 N–H and O–H groups in total. The van der Waals surface area contributed by atoms with Gasteiger partial charge in [0.15, 0.2) is 15.2 Å². The van der Waals surface area contributed by atoms with Crippen LogP contribution in [0.15, 0.2) is 45.5 Å². The number of aromatic amines is 1. The Labute approximate surface area is 168 Å². The number of nitrogens with one attached hydrogen (secondary N) is 3. The molecular weight excluding hydrogens is 434 g/mol. The number of H-pyrrole nitrogens is 1. The number of rotatable bonds is 6. The lowest BCUT2D eigenvalue weighted by Gasteiger charge is -2.08. The quantitative estimate of drug-likeness (QED) is 0.501. The molecular formula is C17H16BrN5O3S. The molecule has 0 atom stereocenters. The summed E-state index contributed by atoms with van der Waals surface area (Å²) >= 11 is 8.20. The average molecular weight is 450 g/mol. The van der Waals surface area contributed by atoms with Gasteiger partial charge in [0.1, 0.15) is 5.82 Å². The highest BCUT2D eigenvalue weighted by molar-refractivity contribution is 9.10. The van der Waals surface area contributed by atoms with Crippen molar-refractivity contribution in [3.63, 3.8) is 0 Å². The zero-order chi connectivity index (χ0) is 19.4. The molecule has 0 unspecified atom stereocenters. The van der Waals surface area contributed by atoms with Crippen LogP contribution < -0.4 is 10.6 Å². The first kappa shape index (κ1) is 19.1. The van der Waals surface area contributed by atoms with Crippen LogP contribution in [-0.4, -0.2) is 33.1 Å². The Hall–Kier alpha value is -2.72. The molecule has 8 nitrogen and oxygen atoms in total. The smallest absolute Gasteiger partial charge is 0.291 e. The number of carbonyl (C=O) groups is 2. The van der Waals surface area contributed by atoms with E-state index in [9.17, 15) is 9.59 Å². The number of hydrogen-bond donors (Lipinski definition) is 3. The van der Waals surface area contributed by atoms with E-state index < -0.39 is 5.91 Å². The van der Waals surface area contributed by atoms with E-state index in [4.69, 9.17) is 16.6 Å². The van der Waals surface area contributed by atoms with Crippen molar-refractivity contribution in [1.29, 1.82) is 0 Å². The summed E-state index contributed by atoms with van der Waals surface area (Å²) in [6.07, 6.45) is 0.541. The van der Waals surface area contributed by atoms with Crippen molar-refractivity contribution in [1.82, 2.24) is 20.1 Å². The summed E-state index contributed by atoms with van der Waals surface area (Å²) < 4.78 is 7.96. The number of anilines is 1. The van der Waals surface area contributed by atoms with Crippen molar-refractivity contribution in [3.05, 3.63) is 63.0 Å². The SMILES string of the molecule is Cn1c(CCNC(=O)c2cccc(NC(=O)c3ccc(Br)o3)c2)n[nH]c1=S. The Morgan fingerprint density at radius 3 is 2.78 bits per heavy atom. The van der Waals surface area contributed by atoms with E-state index in [1.165, 1.54) is 0 Å². The van der Waals surface area contributed by atoms with Crippen LogP contribution in [0, 0.1) is 4.77 Å². The average Bonchev–Trinajstić information content (AvgIpc) is 3.22. The van der Waals surface area contributed by atoms with E-state index in [1.54, 1.807) is 41.0 Å². The third-order valence-electron chi connectivity index (χ3n) is 3.79. The van der Waals surface area contributed by atoms with E-state index in [2.05, 4.69) is 36.8 Å². The summed E-state index contributed by atoms with van der Waals surface area (Å²) in [5.74, 6) is 0.281. The zero-order valence-electron chi connectivity index (χ0n) is 14.3. The minimum atomic E-state index is -0.399. The molecule has 2 heterocycles. The molecule has 0 spiro atoms. The molecule has 0 radical (unpaired) electrons. The fraction of sp³-hybridized carbons (Fsp3) is 0.176. The van der Waals surface area contributed by atoms with E-state index in [-0.39, 0.29) is 11.7 Å². The lowest BCUT2D eigenvalue weighted by Crippen LogP contribution is -2.26. The summed E-state index contributed by atoms with van der Waals surface area (Å²) in [5.41, 5.74) is 0.929. The monoisotopic (exact) mass is 449 g/mol. The molecule has 0 aliphatic heterocycles. The molecule has 2 amide bonds. The van der Waals surface area contributed by atoms with Crippen molar-refractivity contribution < 1.29 is 14.0 Å². The fourth-order valence-electron chi connectivity index (χ4n) is 2.36. The van der Waals surface area contributed by atoms with Gasteiger partial charge in [0, 0.05) is 31.3 Å². The number of nitrogens with zero attached hydrogens (tertiary/aromatic N) is 2. The minimum Gasteiger partial charge on any atom is -0.444 e. The molecule has 0 fully saturated rings. The molecule has 10 heteroatoms. The summed E-state index contributed by atoms with van der Waals surface area (Å²) in [7, 11) is 1.81. The number of halogens is 1. The molecule has 0 saturated heterocycles. The second-order valence-corrected chi connectivity index (χ2v) is 6.82. The van der Waals surface area contributed by atoms with Crippen molar-refractivity contribution >= 4 is 45.6 Å². The van der Waals surface area contributed by atoms with Gasteiger partial charge in [0.25, 0.3) is 11.8 Å². The van der Waals surface area contributed by atoms with Gasteiger partial charge in [0.2, 0.25) is 0 Å². The van der Waals surface area contributed by atoms with Gasteiger partial charge in [-0.15, -0.1) is 0 Å². The van der Waals surface area contributed by atoms with Crippen molar-refractivity contribution in [2.24, 2.45) is 7.05 Å². The van der Waals surface area contributed by atoms with Crippen LogP contribution in [0.4, 0.5) is 5.69 Å². The fourth-order valence-corrected chi connectivity index (χ4v) is 2.82. The highest BCUT2D eigenvalue weighted by atomic mass is 79.9. The van der Waals surface area contributed by atoms with Crippen LogP contribution in [0.25, 0.3) is 0 Å². The highest BCUT2D eigenvalue weighted by Gasteiger charge is 2.12. The number of benzene rings is 1. The molecule has 0 aliphatic rings. The zero-order valence-corrected chi connectivity index (χ0v) is 16.7. The maximum absolute atomic E-state index is 12.3. The van der Waals surface area contributed by atoms with Gasteiger partial charge >= 0.3 is 0 Å². The van der Waals surface area contributed by atoms with E-state index in [0.717, 1.165) is 5.82 Å². The van der Waals surface area contributed by atoms with Crippen LogP contribution in [0.5, 0.6) is 0 Å². The number of amides is 2. The van der Waals surface area contributed by atoms with Gasteiger partial charge in [-0.2, -0.15) is 5.10 Å². The Morgan fingerprint density at radius 2 is 2.11 bits per heavy atom. The van der Waals surface area contributed by atoms with Gasteiger partial charge in [-0.3, -0.25) is 14.7 Å². The highest BCUT2D eigenvalue weighted by Crippen LogP contribution is 2.17. The van der Waals surface area contributed by atoms with Crippen LogP contribution in [-0.2, 0) is 13.5 Å². The van der Waals surface area contributed by atoms with Gasteiger partial charge in [-0.1, -0.05) is 6.07 Å². The maximum Gasteiger partial charge on any atom is 0.291 e. The van der Waals surface area contributed by atoms with Crippen molar-refractivity contribution in [2.45, 2.75) is 6.42 Å². The lowest BCUT2D eigenvalue weighted by atomic mass is 10.2. The normalized spacial score (nSPS) is 10.6. The summed E-state index contributed by atoms with van der Waals surface area (Å²) in [5, 5.41) is 12.3. The van der Waals surface area contributed by atoms with E-state index in [0.29, 0.717) is 33.7 Å². The maximum atomic E-state index is 12.3. The Bertz CT molecular complexity index is 1040. The topological polar surface area (TPSA) is 105 Å². The molecule has 27 heavy (non-hydrogen) atoms. The molecule has 0 bridgehead atoms. The first-order chi connectivity index (χ1) is 12.9. The number of furan rings is 1. The number of aromatic nitrogens is 3. The van der Waals surface area contributed by atoms with Crippen molar-refractivity contribution in [3.8, 4) is 0 Å². The summed E-state index contributed by atoms with van der Waals surface area (Å²) in [6, 6.07) is 9.85. The molecule has 3 rings (SSSR count). The molecule has 2 aromatic heterocycles. The largest absolute Gasteiger partial charge is 0.444 e. The standard InChI is InChI=1S/C17H16BrN5O3S/c1-23-14(21-22-17(23)27)7-8-19-15(24)10-3-2-4-11(9-10)20-16(25)12-5-6-13(18)26-12/h2-6,9H,7-8H2,1H3,(H,19,24)(H,20,25)(H,22,27). The molecule has 0 aliphatic carbocycles. The third-order valence-corrected chi connectivity index (χ3v) is 4.58. The number of hydrogen-bond acceptors (Lipinski definition) is 5. The van der Waals surface area contributed by atoms with Crippen LogP contribution in [0.1, 0.15) is 26.7 Å². The predicted octanol–water partition coefficient (Wildman–Crippen LogP) is 3.06. The molecule has 1 aromatic carbocycles. The van der Waals surface area contributed by atoms with Crippen LogP contribution >= 0.6 is 28.1 Å². The van der Waals surface area contributed by atoms with E-state index in [1.807, 2.05) is 7.05 Å². The Morgan fingerprint density at radius 1 is 1.30 bits per heavy atom. The van der Waals surface area contributed by atoms with E-state index >= 15 is 0 Å². The van der Waals surface area contributed by atoms with Gasteiger partial charge in [-0.25, -0.2) is 0 Å².